The molecule has 0 amide bonds. The van der Waals surface area contributed by atoms with E-state index in [0.29, 0.717) is 5.41 Å². The predicted octanol–water partition coefficient (Wildman–Crippen LogP) is 2.56. The van der Waals surface area contributed by atoms with Crippen LogP contribution in [0.3, 0.4) is 0 Å². The number of carbonyl (C=O) groups excluding carboxylic acids is 1. The van der Waals surface area contributed by atoms with E-state index in [9.17, 15) is 4.79 Å². The molecule has 0 aromatic carbocycles. The van der Waals surface area contributed by atoms with E-state index in [-0.39, 0.29) is 0 Å². The molecule has 0 unspecified atom stereocenters. The fourth-order valence-corrected chi connectivity index (χ4v) is 3.12. The first-order chi connectivity index (χ1) is 8.56. The molecule has 4 nitrogen and oxygen atoms in total. The molecule has 0 saturated carbocycles. The van der Waals surface area contributed by atoms with Gasteiger partial charge in [0.15, 0.2) is 6.29 Å². The second kappa shape index (κ2) is 4.75. The fraction of sp³-hybridized carbons (Fsp3) is 0.714. The van der Waals surface area contributed by atoms with Crippen LogP contribution in [0.15, 0.2) is 0 Å². The molecular weight excluding hydrogens is 226 g/mol. The highest BCUT2D eigenvalue weighted by molar-refractivity contribution is 5.84. The Kier molecular flexibility index (Phi) is 3.46. The van der Waals surface area contributed by atoms with Gasteiger partial charge in [-0.15, -0.1) is 0 Å². The summed E-state index contributed by atoms with van der Waals surface area (Å²) < 4.78 is 1.85. The summed E-state index contributed by atoms with van der Waals surface area (Å²) >= 11 is 0. The minimum absolute atomic E-state index is 0.415. The first-order valence-corrected chi connectivity index (χ1v) is 6.80. The molecule has 18 heavy (non-hydrogen) atoms. The molecule has 1 aromatic rings. The molecule has 0 atom stereocenters. The van der Waals surface area contributed by atoms with Gasteiger partial charge in [0.1, 0.15) is 5.82 Å². The fourth-order valence-electron chi connectivity index (χ4n) is 3.12. The normalized spacial score (nSPS) is 18.3. The van der Waals surface area contributed by atoms with E-state index < -0.39 is 0 Å². The number of hydrogen-bond acceptors (Lipinski definition) is 3. The van der Waals surface area contributed by atoms with Crippen LogP contribution in [0, 0.1) is 12.3 Å². The van der Waals surface area contributed by atoms with Crippen molar-refractivity contribution in [3.8, 4) is 0 Å². The number of rotatable bonds is 4. The zero-order chi connectivity index (χ0) is 13.3. The molecule has 0 N–H and O–H groups in total. The van der Waals surface area contributed by atoms with Crippen molar-refractivity contribution in [2.75, 3.05) is 18.0 Å². The molecule has 2 heterocycles. The van der Waals surface area contributed by atoms with Crippen LogP contribution in [0.1, 0.15) is 49.2 Å². The van der Waals surface area contributed by atoms with E-state index in [1.165, 1.54) is 19.3 Å². The minimum atomic E-state index is 0.415. The summed E-state index contributed by atoms with van der Waals surface area (Å²) in [6, 6.07) is 0. The van der Waals surface area contributed by atoms with Crippen molar-refractivity contribution < 1.29 is 4.79 Å². The zero-order valence-corrected chi connectivity index (χ0v) is 11.9. The summed E-state index contributed by atoms with van der Waals surface area (Å²) in [5.41, 5.74) is 1.99. The summed E-state index contributed by atoms with van der Waals surface area (Å²) in [5, 5.41) is 4.37. The van der Waals surface area contributed by atoms with E-state index >= 15 is 0 Å². The quantitative estimate of drug-likeness (QED) is 0.770. The van der Waals surface area contributed by atoms with Gasteiger partial charge in [-0.3, -0.25) is 9.48 Å². The van der Waals surface area contributed by atoms with Gasteiger partial charge in [0.05, 0.1) is 11.3 Å². The van der Waals surface area contributed by atoms with Crippen LogP contribution in [0.5, 0.6) is 0 Å². The molecule has 0 bridgehead atoms. The van der Waals surface area contributed by atoms with Crippen molar-refractivity contribution in [1.82, 2.24) is 9.78 Å². The van der Waals surface area contributed by atoms with E-state index in [2.05, 4.69) is 23.8 Å². The Morgan fingerprint density at radius 2 is 2.06 bits per heavy atom. The van der Waals surface area contributed by atoms with Crippen molar-refractivity contribution >= 4 is 12.1 Å². The molecular formula is C14H23N3O. The maximum absolute atomic E-state index is 11.2. The highest BCUT2D eigenvalue weighted by Crippen LogP contribution is 2.39. The third-order valence-electron chi connectivity index (χ3n) is 4.59. The summed E-state index contributed by atoms with van der Waals surface area (Å²) in [7, 11) is 1.92. The lowest BCUT2D eigenvalue weighted by atomic mass is 9.82. The molecule has 1 saturated heterocycles. The summed E-state index contributed by atoms with van der Waals surface area (Å²) in [5.74, 6) is 0.992. The lowest BCUT2D eigenvalue weighted by Crippen LogP contribution is -2.28. The van der Waals surface area contributed by atoms with Gasteiger partial charge in [-0.05, 0) is 31.6 Å². The number of aldehydes is 1. The second-order valence-corrected chi connectivity index (χ2v) is 5.44. The van der Waals surface area contributed by atoms with Crippen molar-refractivity contribution in [3.05, 3.63) is 11.3 Å². The smallest absolute Gasteiger partial charge is 0.155 e. The van der Waals surface area contributed by atoms with E-state index in [4.69, 9.17) is 0 Å². The van der Waals surface area contributed by atoms with E-state index in [0.717, 1.165) is 36.5 Å². The third-order valence-corrected chi connectivity index (χ3v) is 4.59. The maximum atomic E-state index is 11.2. The van der Waals surface area contributed by atoms with Crippen LogP contribution < -0.4 is 4.90 Å². The Morgan fingerprint density at radius 3 is 2.56 bits per heavy atom. The van der Waals surface area contributed by atoms with Crippen molar-refractivity contribution in [1.29, 1.82) is 0 Å². The second-order valence-electron chi connectivity index (χ2n) is 5.44. The van der Waals surface area contributed by atoms with Crippen molar-refractivity contribution in [3.63, 3.8) is 0 Å². The largest absolute Gasteiger partial charge is 0.356 e. The molecule has 1 aliphatic rings. The molecule has 100 valence electrons. The van der Waals surface area contributed by atoms with Crippen LogP contribution in [0.4, 0.5) is 5.82 Å². The minimum Gasteiger partial charge on any atom is -0.356 e. The number of aryl methyl sites for hydroxylation is 2. The average Bonchev–Trinajstić information content (AvgIpc) is 2.90. The van der Waals surface area contributed by atoms with Crippen LogP contribution >= 0.6 is 0 Å². The summed E-state index contributed by atoms with van der Waals surface area (Å²) in [6.07, 6.45) is 4.55. The van der Waals surface area contributed by atoms with Crippen molar-refractivity contribution in [2.45, 2.75) is 40.0 Å². The Balaban J connectivity index is 2.32. The van der Waals surface area contributed by atoms with Gasteiger partial charge in [-0.2, -0.15) is 5.10 Å². The van der Waals surface area contributed by atoms with Gasteiger partial charge < -0.3 is 4.90 Å². The summed E-state index contributed by atoms with van der Waals surface area (Å²) in [4.78, 5) is 13.6. The van der Waals surface area contributed by atoms with Gasteiger partial charge in [-0.25, -0.2) is 0 Å². The number of anilines is 1. The molecule has 2 rings (SSSR count). The van der Waals surface area contributed by atoms with Crippen molar-refractivity contribution in [2.24, 2.45) is 12.5 Å². The summed E-state index contributed by atoms with van der Waals surface area (Å²) in [6.45, 7) is 8.50. The maximum Gasteiger partial charge on any atom is 0.155 e. The first-order valence-electron chi connectivity index (χ1n) is 6.80. The van der Waals surface area contributed by atoms with E-state index in [1.807, 2.05) is 18.7 Å². The van der Waals surface area contributed by atoms with Gasteiger partial charge in [0.25, 0.3) is 0 Å². The Hall–Kier alpha value is -1.32. The molecule has 0 radical (unpaired) electrons. The topological polar surface area (TPSA) is 38.1 Å². The predicted molar refractivity (Wildman–Crippen MR) is 73.2 cm³/mol. The van der Waals surface area contributed by atoms with Crippen LogP contribution in [-0.4, -0.2) is 29.2 Å². The molecule has 0 aliphatic carbocycles. The number of nitrogens with zero attached hydrogens (tertiary/aromatic N) is 3. The monoisotopic (exact) mass is 249 g/mol. The average molecular weight is 249 g/mol. The molecule has 1 fully saturated rings. The SMILES string of the molecule is CCC1(CC)CCN(c2c(C=O)c(C)nn2C)C1. The van der Waals surface area contributed by atoms with Crippen LogP contribution in [-0.2, 0) is 7.05 Å². The van der Waals surface area contributed by atoms with Crippen LogP contribution in [0.2, 0.25) is 0 Å². The van der Waals surface area contributed by atoms with Gasteiger partial charge in [-0.1, -0.05) is 13.8 Å². The standard InChI is InChI=1S/C14H23N3O/c1-5-14(6-2)7-8-17(10-14)13-12(9-18)11(3)15-16(13)4/h9H,5-8,10H2,1-4H3. The molecule has 1 aliphatic heterocycles. The van der Waals surface area contributed by atoms with Gasteiger partial charge in [0.2, 0.25) is 0 Å². The number of carbonyl (C=O) groups is 1. The van der Waals surface area contributed by atoms with E-state index in [1.54, 1.807) is 0 Å². The molecule has 4 heteroatoms. The lowest BCUT2D eigenvalue weighted by Gasteiger charge is -2.27. The number of hydrogen-bond donors (Lipinski definition) is 0. The highest BCUT2D eigenvalue weighted by Gasteiger charge is 2.37. The molecule has 1 aromatic heterocycles. The third kappa shape index (κ3) is 1.93. The van der Waals surface area contributed by atoms with Gasteiger partial charge >= 0.3 is 0 Å². The lowest BCUT2D eigenvalue weighted by molar-refractivity contribution is 0.112. The first kappa shape index (κ1) is 13.1. The zero-order valence-electron chi connectivity index (χ0n) is 11.9. The Labute approximate surface area is 109 Å². The Bertz CT molecular complexity index is 446. The highest BCUT2D eigenvalue weighted by atomic mass is 16.1. The Morgan fingerprint density at radius 1 is 1.39 bits per heavy atom. The van der Waals surface area contributed by atoms with Gasteiger partial charge in [0, 0.05) is 20.1 Å². The van der Waals surface area contributed by atoms with Crippen LogP contribution in [0.25, 0.3) is 0 Å². The number of aromatic nitrogens is 2. The molecule has 0 spiro atoms.